The molecule has 1 aromatic carbocycles. The molecule has 0 aliphatic rings. The SMILES string of the molecule is CNC(=O)NC(=O)C(C)Sc1ncc(-c2ccc(F)cc2)n1CC(C)C. The van der Waals surface area contributed by atoms with Crippen LogP contribution < -0.4 is 10.6 Å². The molecular weight excluding hydrogens is 355 g/mol. The number of aromatic nitrogens is 2. The molecular formula is C18H23FN4O2S. The largest absolute Gasteiger partial charge is 0.341 e. The van der Waals surface area contributed by atoms with Crippen molar-refractivity contribution in [2.45, 2.75) is 37.7 Å². The molecule has 2 aromatic rings. The van der Waals surface area contributed by atoms with Crippen LogP contribution in [-0.2, 0) is 11.3 Å². The van der Waals surface area contributed by atoms with Crippen LogP contribution in [0.1, 0.15) is 20.8 Å². The summed E-state index contributed by atoms with van der Waals surface area (Å²) in [6.45, 7) is 6.60. The zero-order valence-corrected chi connectivity index (χ0v) is 16.1. The minimum atomic E-state index is -0.542. The number of carbonyl (C=O) groups is 2. The highest BCUT2D eigenvalue weighted by Crippen LogP contribution is 2.29. The Balaban J connectivity index is 2.26. The molecule has 0 radical (unpaired) electrons. The predicted octanol–water partition coefficient (Wildman–Crippen LogP) is 3.28. The van der Waals surface area contributed by atoms with Gasteiger partial charge in [-0.1, -0.05) is 25.6 Å². The summed E-state index contributed by atoms with van der Waals surface area (Å²) in [6, 6.07) is 5.70. The number of nitrogens with zero attached hydrogens (tertiary/aromatic N) is 2. The fraction of sp³-hybridized carbons (Fsp3) is 0.389. The van der Waals surface area contributed by atoms with E-state index in [9.17, 15) is 14.0 Å². The van der Waals surface area contributed by atoms with Gasteiger partial charge >= 0.3 is 6.03 Å². The number of rotatable bonds is 6. The van der Waals surface area contributed by atoms with Crippen molar-refractivity contribution >= 4 is 23.7 Å². The standard InChI is InChI=1S/C18H23FN4O2S/c1-11(2)10-23-15(13-5-7-14(19)8-6-13)9-21-18(23)26-12(3)16(24)22-17(25)20-4/h5-9,11-12H,10H2,1-4H3,(H2,20,22,24,25). The van der Waals surface area contributed by atoms with E-state index < -0.39 is 17.2 Å². The number of nitrogens with one attached hydrogen (secondary N) is 2. The van der Waals surface area contributed by atoms with Gasteiger partial charge in [-0.2, -0.15) is 0 Å². The van der Waals surface area contributed by atoms with Gasteiger partial charge in [0, 0.05) is 13.6 Å². The van der Waals surface area contributed by atoms with Crippen LogP contribution >= 0.6 is 11.8 Å². The molecule has 0 aliphatic carbocycles. The molecule has 0 aliphatic heterocycles. The minimum Gasteiger partial charge on any atom is -0.341 e. The first-order valence-electron chi connectivity index (χ1n) is 8.32. The highest BCUT2D eigenvalue weighted by molar-refractivity contribution is 8.00. The van der Waals surface area contributed by atoms with E-state index in [1.54, 1.807) is 25.3 Å². The topological polar surface area (TPSA) is 76.0 Å². The highest BCUT2D eigenvalue weighted by atomic mass is 32.2. The second-order valence-electron chi connectivity index (χ2n) is 6.27. The number of hydrogen-bond acceptors (Lipinski definition) is 4. The molecule has 1 unspecified atom stereocenters. The van der Waals surface area contributed by atoms with Gasteiger partial charge in [-0.25, -0.2) is 14.2 Å². The van der Waals surface area contributed by atoms with Crippen molar-refractivity contribution in [2.24, 2.45) is 5.92 Å². The van der Waals surface area contributed by atoms with Gasteiger partial charge in [-0.05, 0) is 42.7 Å². The summed E-state index contributed by atoms with van der Waals surface area (Å²) < 4.78 is 15.2. The van der Waals surface area contributed by atoms with E-state index in [1.165, 1.54) is 30.9 Å². The lowest BCUT2D eigenvalue weighted by Crippen LogP contribution is -2.41. The first-order chi connectivity index (χ1) is 12.3. The summed E-state index contributed by atoms with van der Waals surface area (Å²) >= 11 is 1.28. The highest BCUT2D eigenvalue weighted by Gasteiger charge is 2.21. The number of imidazole rings is 1. The van der Waals surface area contributed by atoms with Gasteiger partial charge in [0.05, 0.1) is 17.1 Å². The second kappa shape index (κ2) is 8.84. The summed E-state index contributed by atoms with van der Waals surface area (Å²) in [4.78, 5) is 27.8. The fourth-order valence-electron chi connectivity index (χ4n) is 2.33. The van der Waals surface area contributed by atoms with Crippen LogP contribution in [0, 0.1) is 11.7 Å². The van der Waals surface area contributed by atoms with Crippen molar-refractivity contribution in [3.05, 3.63) is 36.3 Å². The van der Waals surface area contributed by atoms with Crippen molar-refractivity contribution < 1.29 is 14.0 Å². The Kier molecular flexibility index (Phi) is 6.79. The monoisotopic (exact) mass is 378 g/mol. The molecule has 2 N–H and O–H groups in total. The Morgan fingerprint density at radius 1 is 1.23 bits per heavy atom. The average molecular weight is 378 g/mol. The molecule has 26 heavy (non-hydrogen) atoms. The Hall–Kier alpha value is -2.35. The molecule has 8 heteroatoms. The molecule has 0 saturated carbocycles. The molecule has 6 nitrogen and oxygen atoms in total. The average Bonchev–Trinajstić information content (AvgIpc) is 2.97. The Labute approximate surface area is 156 Å². The molecule has 2 rings (SSSR count). The first-order valence-corrected chi connectivity index (χ1v) is 9.20. The van der Waals surface area contributed by atoms with Crippen molar-refractivity contribution in [2.75, 3.05) is 7.05 Å². The summed E-state index contributed by atoms with van der Waals surface area (Å²) in [6.07, 6.45) is 1.72. The smallest absolute Gasteiger partial charge is 0.321 e. The minimum absolute atomic E-state index is 0.294. The lowest BCUT2D eigenvalue weighted by Gasteiger charge is -2.16. The maximum Gasteiger partial charge on any atom is 0.321 e. The second-order valence-corrected chi connectivity index (χ2v) is 7.57. The molecule has 1 atom stereocenters. The molecule has 0 bridgehead atoms. The van der Waals surface area contributed by atoms with Gasteiger partial charge < -0.3 is 9.88 Å². The number of amides is 3. The lowest BCUT2D eigenvalue weighted by molar-refractivity contribution is -0.119. The van der Waals surface area contributed by atoms with Gasteiger partial charge in [0.2, 0.25) is 5.91 Å². The normalized spacial score (nSPS) is 12.1. The van der Waals surface area contributed by atoms with Crippen molar-refractivity contribution in [1.82, 2.24) is 20.2 Å². The summed E-state index contributed by atoms with van der Waals surface area (Å²) in [5, 5.41) is 4.80. The molecule has 0 saturated heterocycles. The van der Waals surface area contributed by atoms with Crippen LogP contribution in [0.5, 0.6) is 0 Å². The van der Waals surface area contributed by atoms with Crippen LogP contribution in [0.3, 0.4) is 0 Å². The first kappa shape index (κ1) is 20.0. The van der Waals surface area contributed by atoms with E-state index in [0.717, 1.165) is 11.3 Å². The number of thioether (sulfide) groups is 1. The van der Waals surface area contributed by atoms with Gasteiger partial charge in [-0.3, -0.25) is 10.1 Å². The quantitative estimate of drug-likeness (QED) is 0.757. The van der Waals surface area contributed by atoms with Crippen molar-refractivity contribution in [3.8, 4) is 11.3 Å². The molecule has 1 heterocycles. The third kappa shape index (κ3) is 5.08. The fourth-order valence-corrected chi connectivity index (χ4v) is 3.23. The van der Waals surface area contributed by atoms with Crippen LogP contribution in [-0.4, -0.2) is 33.8 Å². The number of hydrogen-bond donors (Lipinski definition) is 2. The third-order valence-electron chi connectivity index (χ3n) is 3.62. The van der Waals surface area contributed by atoms with Crippen molar-refractivity contribution in [3.63, 3.8) is 0 Å². The van der Waals surface area contributed by atoms with E-state index >= 15 is 0 Å². The summed E-state index contributed by atoms with van der Waals surface area (Å²) in [5.74, 6) is -0.327. The van der Waals surface area contributed by atoms with Crippen LogP contribution in [0.15, 0.2) is 35.6 Å². The Morgan fingerprint density at radius 3 is 2.46 bits per heavy atom. The van der Waals surface area contributed by atoms with Crippen LogP contribution in [0.4, 0.5) is 9.18 Å². The molecule has 3 amide bonds. The number of urea groups is 1. The maximum absolute atomic E-state index is 13.2. The van der Waals surface area contributed by atoms with Crippen molar-refractivity contribution in [1.29, 1.82) is 0 Å². The molecule has 0 spiro atoms. The summed E-state index contributed by atoms with van der Waals surface area (Å²) in [5.41, 5.74) is 1.72. The van der Waals surface area contributed by atoms with Gasteiger partial charge in [0.1, 0.15) is 5.82 Å². The molecule has 140 valence electrons. The van der Waals surface area contributed by atoms with Gasteiger partial charge in [0.15, 0.2) is 5.16 Å². The van der Waals surface area contributed by atoms with E-state index in [-0.39, 0.29) is 5.82 Å². The number of halogens is 1. The van der Waals surface area contributed by atoms with E-state index in [1.807, 2.05) is 4.57 Å². The molecule has 1 aromatic heterocycles. The van der Waals surface area contributed by atoms with E-state index in [2.05, 4.69) is 29.5 Å². The van der Waals surface area contributed by atoms with E-state index in [0.29, 0.717) is 17.6 Å². The summed E-state index contributed by atoms with van der Waals surface area (Å²) in [7, 11) is 1.45. The Morgan fingerprint density at radius 2 is 1.88 bits per heavy atom. The van der Waals surface area contributed by atoms with E-state index in [4.69, 9.17) is 0 Å². The number of carbonyl (C=O) groups excluding carboxylic acids is 2. The Bertz CT molecular complexity index is 774. The van der Waals surface area contributed by atoms with Crippen LogP contribution in [0.25, 0.3) is 11.3 Å². The predicted molar refractivity (Wildman–Crippen MR) is 100 cm³/mol. The van der Waals surface area contributed by atoms with Gasteiger partial charge in [-0.15, -0.1) is 0 Å². The number of benzene rings is 1. The molecule has 0 fully saturated rings. The maximum atomic E-state index is 13.2. The zero-order chi connectivity index (χ0) is 19.3. The third-order valence-corrected chi connectivity index (χ3v) is 4.73. The zero-order valence-electron chi connectivity index (χ0n) is 15.2. The van der Waals surface area contributed by atoms with Crippen LogP contribution in [0.2, 0.25) is 0 Å². The van der Waals surface area contributed by atoms with Gasteiger partial charge in [0.25, 0.3) is 0 Å². The lowest BCUT2D eigenvalue weighted by atomic mass is 10.1. The number of imide groups is 1.